The number of nitrogens with two attached hydrogens (primary N) is 1. The van der Waals surface area contributed by atoms with Gasteiger partial charge >= 0.3 is 0 Å². The second-order valence-electron chi connectivity index (χ2n) is 3.54. The molecule has 14 heavy (non-hydrogen) atoms. The Balaban J connectivity index is 3.12. The summed E-state index contributed by atoms with van der Waals surface area (Å²) in [6, 6.07) is 5.03. The fourth-order valence-corrected chi connectivity index (χ4v) is 1.03. The monoisotopic (exact) mass is 194 g/mol. The summed E-state index contributed by atoms with van der Waals surface area (Å²) < 4.78 is 0. The topological polar surface area (TPSA) is 76.2 Å². The van der Waals surface area contributed by atoms with Gasteiger partial charge < -0.3 is 10.8 Å². The molecule has 1 aromatic rings. The minimum Gasteiger partial charge on any atom is -0.394 e. The molecule has 0 aromatic carbocycles. The third-order valence-corrected chi connectivity index (χ3v) is 2.02. The number of carbonyl (C=O) groups excluding carboxylic acids is 1. The molecule has 0 spiro atoms. The number of ketones is 1. The lowest BCUT2D eigenvalue weighted by atomic mass is 9.99. The normalized spacial score (nSPS) is 14.9. The maximum absolute atomic E-state index is 11.0. The molecule has 0 amide bonds. The maximum atomic E-state index is 11.0. The number of aliphatic hydroxyl groups excluding tert-OH is 1. The van der Waals surface area contributed by atoms with Gasteiger partial charge in [0.05, 0.1) is 17.8 Å². The zero-order valence-electron chi connectivity index (χ0n) is 8.32. The Morgan fingerprint density at radius 2 is 2.29 bits per heavy atom. The third-order valence-electron chi connectivity index (χ3n) is 2.02. The predicted molar refractivity (Wildman–Crippen MR) is 52.9 cm³/mol. The van der Waals surface area contributed by atoms with Gasteiger partial charge in [-0.05, 0) is 19.1 Å². The number of Topliss-reactive ketones (excluding diaryl/α,β-unsaturated/α-hetero) is 1. The molecule has 1 atom stereocenters. The Morgan fingerprint density at radius 1 is 1.64 bits per heavy atom. The summed E-state index contributed by atoms with van der Waals surface area (Å²) in [6.07, 6.45) is 0. The van der Waals surface area contributed by atoms with Crippen molar-refractivity contribution in [1.29, 1.82) is 0 Å². The highest BCUT2D eigenvalue weighted by Crippen LogP contribution is 2.14. The van der Waals surface area contributed by atoms with Crippen LogP contribution in [0.1, 0.15) is 30.0 Å². The fraction of sp³-hybridized carbons (Fsp3) is 0.400. The van der Waals surface area contributed by atoms with Gasteiger partial charge in [0.1, 0.15) is 5.69 Å². The summed E-state index contributed by atoms with van der Waals surface area (Å²) in [4.78, 5) is 15.1. The molecule has 4 nitrogen and oxygen atoms in total. The summed E-state index contributed by atoms with van der Waals surface area (Å²) >= 11 is 0. The molecule has 3 N–H and O–H groups in total. The summed E-state index contributed by atoms with van der Waals surface area (Å²) in [5.41, 5.74) is 5.77. The van der Waals surface area contributed by atoms with E-state index in [2.05, 4.69) is 4.98 Å². The van der Waals surface area contributed by atoms with E-state index in [0.717, 1.165) is 0 Å². The Hall–Kier alpha value is -1.26. The molecule has 0 bridgehead atoms. The van der Waals surface area contributed by atoms with Gasteiger partial charge in [0, 0.05) is 6.92 Å². The number of hydrogen-bond donors (Lipinski definition) is 2. The highest BCUT2D eigenvalue weighted by Gasteiger charge is 2.22. The van der Waals surface area contributed by atoms with Crippen LogP contribution < -0.4 is 5.73 Å². The van der Waals surface area contributed by atoms with E-state index in [1.807, 2.05) is 0 Å². The van der Waals surface area contributed by atoms with Crippen LogP contribution in [0.15, 0.2) is 18.2 Å². The molecule has 0 aliphatic rings. The highest BCUT2D eigenvalue weighted by molar-refractivity contribution is 5.92. The summed E-state index contributed by atoms with van der Waals surface area (Å²) in [5, 5.41) is 9.03. The molecule has 0 fully saturated rings. The highest BCUT2D eigenvalue weighted by atomic mass is 16.3. The number of hydrogen-bond acceptors (Lipinski definition) is 4. The van der Waals surface area contributed by atoms with Crippen molar-refractivity contribution in [3.63, 3.8) is 0 Å². The quantitative estimate of drug-likeness (QED) is 0.685. The van der Waals surface area contributed by atoms with Crippen LogP contribution in [-0.2, 0) is 5.54 Å². The van der Waals surface area contributed by atoms with Crippen molar-refractivity contribution < 1.29 is 9.90 Å². The molecule has 0 aliphatic heterocycles. The molecule has 1 heterocycles. The number of rotatable bonds is 3. The van der Waals surface area contributed by atoms with Gasteiger partial charge in [-0.25, -0.2) is 4.98 Å². The summed E-state index contributed by atoms with van der Waals surface area (Å²) in [7, 11) is 0. The molecule has 0 radical (unpaired) electrons. The van der Waals surface area contributed by atoms with E-state index in [4.69, 9.17) is 10.8 Å². The minimum absolute atomic E-state index is 0.111. The van der Waals surface area contributed by atoms with Crippen molar-refractivity contribution in [2.24, 2.45) is 5.73 Å². The first kappa shape index (κ1) is 10.8. The van der Waals surface area contributed by atoms with Gasteiger partial charge in [-0.1, -0.05) is 6.07 Å². The maximum Gasteiger partial charge on any atom is 0.178 e. The SMILES string of the molecule is CC(=O)c1cccc(C(C)(N)CO)n1. The number of pyridine rings is 1. The van der Waals surface area contributed by atoms with E-state index < -0.39 is 5.54 Å². The average molecular weight is 194 g/mol. The van der Waals surface area contributed by atoms with Crippen LogP contribution in [0.25, 0.3) is 0 Å². The van der Waals surface area contributed by atoms with Crippen LogP contribution in [0.5, 0.6) is 0 Å². The Bertz CT molecular complexity index is 348. The van der Waals surface area contributed by atoms with Crippen LogP contribution >= 0.6 is 0 Å². The molecule has 0 saturated heterocycles. The van der Waals surface area contributed by atoms with Gasteiger partial charge in [-0.3, -0.25) is 4.79 Å². The largest absolute Gasteiger partial charge is 0.394 e. The summed E-state index contributed by atoms with van der Waals surface area (Å²) in [5.74, 6) is -0.111. The van der Waals surface area contributed by atoms with Crippen LogP contribution in [0.3, 0.4) is 0 Å². The van der Waals surface area contributed by atoms with Crippen molar-refractivity contribution in [2.45, 2.75) is 19.4 Å². The van der Waals surface area contributed by atoms with E-state index in [1.165, 1.54) is 6.92 Å². The third kappa shape index (κ3) is 2.16. The zero-order valence-corrected chi connectivity index (χ0v) is 8.32. The number of aliphatic hydroxyl groups is 1. The van der Waals surface area contributed by atoms with Crippen LogP contribution in [0.2, 0.25) is 0 Å². The van der Waals surface area contributed by atoms with Gasteiger partial charge in [-0.2, -0.15) is 0 Å². The van der Waals surface area contributed by atoms with E-state index in [-0.39, 0.29) is 12.4 Å². The first-order chi connectivity index (χ1) is 6.47. The van der Waals surface area contributed by atoms with Gasteiger partial charge in [0.2, 0.25) is 0 Å². The van der Waals surface area contributed by atoms with Gasteiger partial charge in [0.15, 0.2) is 5.78 Å². The zero-order chi connectivity index (χ0) is 10.8. The Kier molecular flexibility index (Phi) is 2.98. The number of aromatic nitrogens is 1. The Morgan fingerprint density at radius 3 is 2.79 bits per heavy atom. The molecule has 4 heteroatoms. The van der Waals surface area contributed by atoms with E-state index >= 15 is 0 Å². The average Bonchev–Trinajstić information content (AvgIpc) is 2.18. The predicted octanol–water partition coefficient (Wildman–Crippen LogP) is 0.450. The lowest BCUT2D eigenvalue weighted by molar-refractivity contribution is 0.101. The number of nitrogens with zero attached hydrogens (tertiary/aromatic N) is 1. The summed E-state index contributed by atoms with van der Waals surface area (Å²) in [6.45, 7) is 2.90. The lowest BCUT2D eigenvalue weighted by Gasteiger charge is -2.21. The lowest BCUT2D eigenvalue weighted by Crippen LogP contribution is -2.38. The molecule has 1 aromatic heterocycles. The van der Waals surface area contributed by atoms with Crippen molar-refractivity contribution in [2.75, 3.05) is 6.61 Å². The van der Waals surface area contributed by atoms with Crippen molar-refractivity contribution in [3.05, 3.63) is 29.6 Å². The van der Waals surface area contributed by atoms with Gasteiger partial charge in [-0.15, -0.1) is 0 Å². The molecule has 0 saturated carbocycles. The second kappa shape index (κ2) is 3.86. The standard InChI is InChI=1S/C10H14N2O2/c1-7(14)8-4-3-5-9(12-8)10(2,11)6-13/h3-5,13H,6,11H2,1-2H3. The van der Waals surface area contributed by atoms with Crippen molar-refractivity contribution in [3.8, 4) is 0 Å². The molecular formula is C10H14N2O2. The van der Waals surface area contributed by atoms with Crippen molar-refractivity contribution >= 4 is 5.78 Å². The molecule has 0 aliphatic carbocycles. The van der Waals surface area contributed by atoms with Crippen LogP contribution in [0.4, 0.5) is 0 Å². The minimum atomic E-state index is -0.897. The first-order valence-electron chi connectivity index (χ1n) is 4.35. The van der Waals surface area contributed by atoms with Crippen LogP contribution in [0, 0.1) is 0 Å². The van der Waals surface area contributed by atoms with E-state index in [1.54, 1.807) is 25.1 Å². The molecular weight excluding hydrogens is 180 g/mol. The smallest absolute Gasteiger partial charge is 0.178 e. The fourth-order valence-electron chi connectivity index (χ4n) is 1.03. The number of carbonyl (C=O) groups is 1. The molecule has 1 unspecified atom stereocenters. The first-order valence-corrected chi connectivity index (χ1v) is 4.35. The van der Waals surface area contributed by atoms with Crippen LogP contribution in [-0.4, -0.2) is 22.5 Å². The molecule has 1 rings (SSSR count). The van der Waals surface area contributed by atoms with Gasteiger partial charge in [0.25, 0.3) is 0 Å². The van der Waals surface area contributed by atoms with E-state index in [0.29, 0.717) is 11.4 Å². The Labute approximate surface area is 82.8 Å². The second-order valence-corrected chi connectivity index (χ2v) is 3.54. The molecule has 76 valence electrons. The van der Waals surface area contributed by atoms with Crippen molar-refractivity contribution in [1.82, 2.24) is 4.98 Å². The van der Waals surface area contributed by atoms with E-state index in [9.17, 15) is 4.79 Å².